The number of nitrogens with one attached hydrogen (secondary N) is 1. The number of sulfonamides is 1. The van der Waals surface area contributed by atoms with Crippen molar-refractivity contribution in [1.82, 2.24) is 19.9 Å². The number of aromatic nitrogens is 4. The fraction of sp³-hybridized carbons (Fsp3) is 0.182. The summed E-state index contributed by atoms with van der Waals surface area (Å²) in [5, 5.41) is -0.353. The van der Waals surface area contributed by atoms with Gasteiger partial charge in [0.1, 0.15) is 5.69 Å². The molecule has 1 N–H and O–H groups in total. The van der Waals surface area contributed by atoms with Gasteiger partial charge in [0.05, 0.1) is 29.1 Å². The maximum Gasteiger partial charge on any atom is 0.238 e. The maximum atomic E-state index is 12.4. The van der Waals surface area contributed by atoms with E-state index in [4.69, 9.17) is 9.72 Å². The first-order chi connectivity index (χ1) is 15.0. The number of methoxy groups -OCH3 is 1. The molecule has 0 amide bonds. The fourth-order valence-corrected chi connectivity index (χ4v) is 4.77. The van der Waals surface area contributed by atoms with Crippen LogP contribution in [0, 0.1) is 0 Å². The van der Waals surface area contributed by atoms with Gasteiger partial charge in [-0.3, -0.25) is 14.7 Å². The number of nitrogens with zero attached hydrogens (tertiary/aromatic N) is 4. The molecule has 0 aliphatic heterocycles. The first-order valence-electron chi connectivity index (χ1n) is 9.77. The van der Waals surface area contributed by atoms with E-state index >= 15 is 0 Å². The second kappa shape index (κ2) is 7.59. The van der Waals surface area contributed by atoms with Gasteiger partial charge in [0.15, 0.2) is 0 Å². The van der Waals surface area contributed by atoms with Gasteiger partial charge in [-0.05, 0) is 54.8 Å². The molecule has 156 valence electrons. The van der Waals surface area contributed by atoms with Crippen LogP contribution in [0.5, 0.6) is 5.88 Å². The number of hydrogen-bond acceptors (Lipinski definition) is 7. The predicted molar refractivity (Wildman–Crippen MR) is 118 cm³/mol. The third-order valence-electron chi connectivity index (χ3n) is 5.13. The first-order valence-corrected chi connectivity index (χ1v) is 11.3. The highest BCUT2D eigenvalue weighted by Crippen LogP contribution is 2.34. The molecule has 9 heteroatoms. The summed E-state index contributed by atoms with van der Waals surface area (Å²) in [5.41, 5.74) is 5.03. The lowest BCUT2D eigenvalue weighted by molar-refractivity contribution is 0.400. The topological polar surface area (TPSA) is 107 Å². The molecule has 1 aliphatic carbocycles. The zero-order valence-electron chi connectivity index (χ0n) is 16.7. The highest BCUT2D eigenvalue weighted by molar-refractivity contribution is 7.93. The Balaban J connectivity index is 1.60. The van der Waals surface area contributed by atoms with Crippen LogP contribution in [0.1, 0.15) is 12.8 Å². The normalized spacial score (nSPS) is 13.8. The first kappa shape index (κ1) is 19.4. The van der Waals surface area contributed by atoms with Gasteiger partial charge in [0.25, 0.3) is 0 Å². The summed E-state index contributed by atoms with van der Waals surface area (Å²) in [6, 6.07) is 11.2. The summed E-state index contributed by atoms with van der Waals surface area (Å²) >= 11 is 0. The average molecular weight is 433 g/mol. The number of rotatable bonds is 6. The standard InChI is InChI=1S/C22H19N5O3S/c1-30-22-20(27-31(28,29)16-2-3-16)12-15(13-25-22)18-4-5-19-21(26-18)17(8-11-24-19)14-6-9-23-10-7-14/h4-13,16,27H,2-3H2,1H3. The zero-order chi connectivity index (χ0) is 21.4. The van der Waals surface area contributed by atoms with E-state index < -0.39 is 10.0 Å². The Labute approximate surface area is 179 Å². The molecule has 0 bridgehead atoms. The number of anilines is 1. The van der Waals surface area contributed by atoms with Gasteiger partial charge in [0, 0.05) is 35.9 Å². The quantitative estimate of drug-likeness (QED) is 0.494. The molecule has 1 fully saturated rings. The van der Waals surface area contributed by atoms with Crippen LogP contribution in [0.2, 0.25) is 0 Å². The van der Waals surface area contributed by atoms with Crippen LogP contribution in [0.3, 0.4) is 0 Å². The van der Waals surface area contributed by atoms with Gasteiger partial charge in [-0.1, -0.05) is 0 Å². The minimum atomic E-state index is -3.46. The number of hydrogen-bond donors (Lipinski definition) is 1. The summed E-state index contributed by atoms with van der Waals surface area (Å²) in [6.45, 7) is 0. The van der Waals surface area contributed by atoms with E-state index in [1.54, 1.807) is 30.9 Å². The van der Waals surface area contributed by atoms with Crippen LogP contribution >= 0.6 is 0 Å². The molecule has 1 saturated carbocycles. The average Bonchev–Trinajstić information content (AvgIpc) is 3.65. The number of fused-ring (bicyclic) bond motifs is 1. The molecule has 4 aromatic heterocycles. The molecule has 0 saturated heterocycles. The molecule has 8 nitrogen and oxygen atoms in total. The Morgan fingerprint density at radius 2 is 1.81 bits per heavy atom. The van der Waals surface area contributed by atoms with E-state index in [9.17, 15) is 8.42 Å². The van der Waals surface area contributed by atoms with Crippen LogP contribution in [0.4, 0.5) is 5.69 Å². The SMILES string of the molecule is COc1ncc(-c2ccc3nccc(-c4ccncc4)c3n2)cc1NS(=O)(=O)C1CC1. The largest absolute Gasteiger partial charge is 0.480 e. The third kappa shape index (κ3) is 3.79. The second-order valence-corrected chi connectivity index (χ2v) is 9.25. The lowest BCUT2D eigenvalue weighted by Gasteiger charge is -2.12. The van der Waals surface area contributed by atoms with E-state index in [0.29, 0.717) is 29.8 Å². The Morgan fingerprint density at radius 1 is 1.00 bits per heavy atom. The van der Waals surface area contributed by atoms with Crippen LogP contribution in [-0.4, -0.2) is 40.7 Å². The van der Waals surface area contributed by atoms with E-state index in [-0.39, 0.29) is 11.1 Å². The highest BCUT2D eigenvalue weighted by atomic mass is 32.2. The van der Waals surface area contributed by atoms with Crippen molar-refractivity contribution >= 4 is 26.7 Å². The van der Waals surface area contributed by atoms with Gasteiger partial charge in [-0.15, -0.1) is 0 Å². The summed E-state index contributed by atoms with van der Waals surface area (Å²) < 4.78 is 32.7. The molecule has 1 aliphatic rings. The van der Waals surface area contributed by atoms with Crippen LogP contribution in [0.15, 0.2) is 61.2 Å². The lowest BCUT2D eigenvalue weighted by atomic mass is 10.1. The summed E-state index contributed by atoms with van der Waals surface area (Å²) in [7, 11) is -2.00. The van der Waals surface area contributed by atoms with Gasteiger partial charge in [0.2, 0.25) is 15.9 Å². The van der Waals surface area contributed by atoms with Gasteiger partial charge in [-0.2, -0.15) is 0 Å². The Bertz CT molecular complexity index is 1370. The Morgan fingerprint density at radius 3 is 2.55 bits per heavy atom. The molecule has 0 radical (unpaired) electrons. The predicted octanol–water partition coefficient (Wildman–Crippen LogP) is 3.67. The molecule has 0 aromatic carbocycles. The monoisotopic (exact) mass is 433 g/mol. The molecule has 4 heterocycles. The van der Waals surface area contributed by atoms with E-state index in [0.717, 1.165) is 22.2 Å². The molecule has 31 heavy (non-hydrogen) atoms. The maximum absolute atomic E-state index is 12.4. The molecule has 0 spiro atoms. The van der Waals surface area contributed by atoms with Crippen molar-refractivity contribution in [3.05, 3.63) is 61.2 Å². The van der Waals surface area contributed by atoms with E-state index in [1.165, 1.54) is 7.11 Å². The van der Waals surface area contributed by atoms with Gasteiger partial charge < -0.3 is 4.74 Å². The minimum Gasteiger partial charge on any atom is -0.480 e. The molecule has 4 aromatic rings. The van der Waals surface area contributed by atoms with Crippen molar-refractivity contribution in [3.8, 4) is 28.3 Å². The summed E-state index contributed by atoms with van der Waals surface area (Å²) in [6.07, 6.45) is 8.17. The fourth-order valence-electron chi connectivity index (χ4n) is 3.39. The smallest absolute Gasteiger partial charge is 0.238 e. The number of pyridine rings is 4. The molecular weight excluding hydrogens is 414 g/mol. The Kier molecular flexibility index (Phi) is 4.74. The van der Waals surface area contributed by atoms with E-state index in [2.05, 4.69) is 19.7 Å². The molecular formula is C22H19N5O3S. The summed E-state index contributed by atoms with van der Waals surface area (Å²) in [5.74, 6) is 0.216. The minimum absolute atomic E-state index is 0.216. The van der Waals surface area contributed by atoms with Crippen molar-refractivity contribution in [3.63, 3.8) is 0 Å². The van der Waals surface area contributed by atoms with Crippen LogP contribution < -0.4 is 9.46 Å². The second-order valence-electron chi connectivity index (χ2n) is 7.29. The molecule has 5 rings (SSSR count). The Hall–Kier alpha value is -3.59. The highest BCUT2D eigenvalue weighted by Gasteiger charge is 2.36. The third-order valence-corrected chi connectivity index (χ3v) is 6.98. The molecule has 0 unspecified atom stereocenters. The lowest BCUT2D eigenvalue weighted by Crippen LogP contribution is -2.18. The zero-order valence-corrected chi connectivity index (χ0v) is 17.5. The van der Waals surface area contributed by atoms with E-state index in [1.807, 2.05) is 30.3 Å². The van der Waals surface area contributed by atoms with Gasteiger partial charge >= 0.3 is 0 Å². The van der Waals surface area contributed by atoms with Crippen molar-refractivity contribution in [2.75, 3.05) is 11.8 Å². The number of ether oxygens (including phenoxy) is 1. The van der Waals surface area contributed by atoms with Crippen molar-refractivity contribution in [1.29, 1.82) is 0 Å². The van der Waals surface area contributed by atoms with Crippen LogP contribution in [-0.2, 0) is 10.0 Å². The van der Waals surface area contributed by atoms with Crippen molar-refractivity contribution in [2.24, 2.45) is 0 Å². The van der Waals surface area contributed by atoms with Crippen LogP contribution in [0.25, 0.3) is 33.4 Å². The summed E-state index contributed by atoms with van der Waals surface area (Å²) in [4.78, 5) is 17.6. The van der Waals surface area contributed by atoms with Gasteiger partial charge in [-0.25, -0.2) is 18.4 Å². The molecule has 0 atom stereocenters. The van der Waals surface area contributed by atoms with Crippen molar-refractivity contribution < 1.29 is 13.2 Å². The van der Waals surface area contributed by atoms with Crippen molar-refractivity contribution in [2.45, 2.75) is 18.1 Å².